The number of nitrogens with zero attached hydrogens (tertiary/aromatic N) is 1. The van der Waals surface area contributed by atoms with Gasteiger partial charge in [0.15, 0.2) is 18.1 Å². The van der Waals surface area contributed by atoms with Crippen LogP contribution >= 0.6 is 0 Å². The normalized spacial score (nSPS) is 16.3. The van der Waals surface area contributed by atoms with Crippen molar-refractivity contribution >= 4 is 23.3 Å². The molecule has 7 heteroatoms. The Hall–Kier alpha value is -3.61. The number of carboxylic acid groups (broad SMARTS) is 1. The average Bonchev–Trinajstić information content (AvgIpc) is 2.98. The van der Waals surface area contributed by atoms with Crippen LogP contribution in [0.25, 0.3) is 0 Å². The fraction of sp³-hybridized carbons (Fsp3) is 0.227. The molecular weight excluding hydrogens is 374 g/mol. The van der Waals surface area contributed by atoms with Crippen LogP contribution in [0.1, 0.15) is 31.0 Å². The number of carbonyl (C=O) groups excluding carboxylic acids is 2. The van der Waals surface area contributed by atoms with E-state index in [1.54, 1.807) is 12.1 Å². The maximum atomic E-state index is 12.8. The van der Waals surface area contributed by atoms with Crippen LogP contribution in [0.2, 0.25) is 0 Å². The highest BCUT2D eigenvalue weighted by Crippen LogP contribution is 2.41. The molecule has 7 nitrogen and oxygen atoms in total. The lowest BCUT2D eigenvalue weighted by Gasteiger charge is -2.27. The van der Waals surface area contributed by atoms with Gasteiger partial charge in [-0.1, -0.05) is 31.2 Å². The number of carbonyl (C=O) groups is 3. The van der Waals surface area contributed by atoms with Crippen molar-refractivity contribution in [3.63, 3.8) is 0 Å². The molecule has 29 heavy (non-hydrogen) atoms. The van der Waals surface area contributed by atoms with Crippen molar-refractivity contribution in [1.29, 1.82) is 0 Å². The van der Waals surface area contributed by atoms with Gasteiger partial charge in [-0.05, 0) is 48.7 Å². The van der Waals surface area contributed by atoms with Gasteiger partial charge in [-0.25, -0.2) is 4.79 Å². The molecule has 2 aromatic rings. The van der Waals surface area contributed by atoms with Crippen LogP contribution in [-0.4, -0.2) is 34.5 Å². The maximum absolute atomic E-state index is 12.8. The van der Waals surface area contributed by atoms with Gasteiger partial charge in [0.2, 0.25) is 0 Å². The van der Waals surface area contributed by atoms with Crippen LogP contribution in [0.3, 0.4) is 0 Å². The summed E-state index contributed by atoms with van der Waals surface area (Å²) in [5.41, 5.74) is 2.31. The predicted molar refractivity (Wildman–Crippen MR) is 106 cm³/mol. The Morgan fingerprint density at radius 2 is 1.69 bits per heavy atom. The quantitative estimate of drug-likeness (QED) is 0.746. The number of ether oxygens (including phenoxy) is 1. The average molecular weight is 395 g/mol. The first-order chi connectivity index (χ1) is 13.8. The summed E-state index contributed by atoms with van der Waals surface area (Å²) in [7, 11) is 0. The molecule has 2 aromatic carbocycles. The van der Waals surface area contributed by atoms with Crippen LogP contribution < -0.4 is 9.64 Å². The summed E-state index contributed by atoms with van der Waals surface area (Å²) < 4.78 is 5.11. The Morgan fingerprint density at radius 3 is 2.21 bits per heavy atom. The number of carboxylic acids is 1. The first kappa shape index (κ1) is 20.1. The number of aliphatic hydroxyl groups is 1. The molecule has 0 fully saturated rings. The minimum Gasteiger partial charge on any atom is -0.503 e. The molecule has 0 unspecified atom stereocenters. The second-order valence-electron chi connectivity index (χ2n) is 6.67. The molecule has 0 saturated carbocycles. The van der Waals surface area contributed by atoms with E-state index >= 15 is 0 Å². The molecule has 0 aromatic heterocycles. The van der Waals surface area contributed by atoms with Crippen LogP contribution in [0.4, 0.5) is 5.69 Å². The summed E-state index contributed by atoms with van der Waals surface area (Å²) in [5.74, 6) is -2.38. The molecule has 1 heterocycles. The molecule has 1 amide bonds. The van der Waals surface area contributed by atoms with E-state index in [1.807, 2.05) is 31.2 Å². The number of aliphatic hydroxyl groups excluding tert-OH is 1. The van der Waals surface area contributed by atoms with Gasteiger partial charge in [0.1, 0.15) is 5.75 Å². The fourth-order valence-corrected chi connectivity index (χ4v) is 3.33. The van der Waals surface area contributed by atoms with Gasteiger partial charge in [-0.2, -0.15) is 0 Å². The Morgan fingerprint density at radius 1 is 1.07 bits per heavy atom. The second-order valence-corrected chi connectivity index (χ2v) is 6.67. The molecule has 1 aliphatic heterocycles. The highest BCUT2D eigenvalue weighted by Gasteiger charge is 2.43. The van der Waals surface area contributed by atoms with Crippen LogP contribution in [0.5, 0.6) is 5.75 Å². The Balaban J connectivity index is 2.00. The fourth-order valence-electron chi connectivity index (χ4n) is 3.33. The van der Waals surface area contributed by atoms with E-state index in [-0.39, 0.29) is 11.4 Å². The Bertz CT molecular complexity index is 975. The molecule has 150 valence electrons. The van der Waals surface area contributed by atoms with Gasteiger partial charge in [0.05, 0.1) is 11.6 Å². The first-order valence-electron chi connectivity index (χ1n) is 9.14. The van der Waals surface area contributed by atoms with Gasteiger partial charge in [0, 0.05) is 5.69 Å². The molecule has 2 N–H and O–H groups in total. The van der Waals surface area contributed by atoms with Crippen LogP contribution in [0.15, 0.2) is 59.9 Å². The number of aliphatic carboxylic acids is 1. The van der Waals surface area contributed by atoms with Crippen molar-refractivity contribution in [3.8, 4) is 5.75 Å². The maximum Gasteiger partial charge on any atom is 0.341 e. The van der Waals surface area contributed by atoms with Gasteiger partial charge < -0.3 is 14.9 Å². The molecule has 1 atom stereocenters. The largest absolute Gasteiger partial charge is 0.503 e. The number of ketones is 1. The number of Topliss-reactive ketones (excluding diaryl/α,β-unsaturated/α-hetero) is 1. The molecule has 0 aliphatic carbocycles. The summed E-state index contributed by atoms with van der Waals surface area (Å²) in [6, 6.07) is 13.0. The first-order valence-corrected chi connectivity index (χ1v) is 9.14. The van der Waals surface area contributed by atoms with Crippen molar-refractivity contribution in [1.82, 2.24) is 0 Å². The SMILES string of the molecule is CCc1ccc([C@@H]2C(C(C)=O)=C(O)C(=O)N2c2ccc(OCC(=O)O)cc2)cc1. The third-order valence-electron chi connectivity index (χ3n) is 4.77. The third-order valence-corrected chi connectivity index (χ3v) is 4.77. The van der Waals surface area contributed by atoms with Crippen molar-refractivity contribution in [2.45, 2.75) is 26.3 Å². The molecule has 0 saturated heterocycles. The second kappa shape index (κ2) is 8.18. The highest BCUT2D eigenvalue weighted by atomic mass is 16.5. The van der Waals surface area contributed by atoms with E-state index in [4.69, 9.17) is 9.84 Å². The molecular formula is C22H21NO6. The number of amides is 1. The number of hydrogen-bond donors (Lipinski definition) is 2. The van der Waals surface area contributed by atoms with Crippen LogP contribution in [0, 0.1) is 0 Å². The minimum absolute atomic E-state index is 0.0467. The van der Waals surface area contributed by atoms with Crippen molar-refractivity contribution < 1.29 is 29.3 Å². The third kappa shape index (κ3) is 3.99. The lowest BCUT2D eigenvalue weighted by atomic mass is 9.95. The van der Waals surface area contributed by atoms with Crippen molar-refractivity contribution in [2.75, 3.05) is 11.5 Å². The number of hydrogen-bond acceptors (Lipinski definition) is 5. The summed E-state index contributed by atoms with van der Waals surface area (Å²) in [5, 5.41) is 19.1. The summed E-state index contributed by atoms with van der Waals surface area (Å²) in [4.78, 5) is 37.0. The van der Waals surface area contributed by atoms with Gasteiger partial charge >= 0.3 is 5.97 Å². The number of rotatable bonds is 7. The van der Waals surface area contributed by atoms with E-state index in [0.29, 0.717) is 17.0 Å². The van der Waals surface area contributed by atoms with Gasteiger partial charge in [0.25, 0.3) is 5.91 Å². The van der Waals surface area contributed by atoms with E-state index < -0.39 is 30.3 Å². The lowest BCUT2D eigenvalue weighted by Crippen LogP contribution is -2.30. The van der Waals surface area contributed by atoms with Gasteiger partial charge in [-0.15, -0.1) is 0 Å². The monoisotopic (exact) mass is 395 g/mol. The number of aryl methyl sites for hydroxylation is 1. The Kier molecular flexibility index (Phi) is 5.68. The zero-order chi connectivity index (χ0) is 21.1. The zero-order valence-corrected chi connectivity index (χ0v) is 16.1. The van der Waals surface area contributed by atoms with Crippen molar-refractivity contribution in [3.05, 3.63) is 71.0 Å². The summed E-state index contributed by atoms with van der Waals surface area (Å²) in [6.07, 6.45) is 0.853. The molecule has 0 spiro atoms. The van der Waals surface area contributed by atoms with E-state index in [9.17, 15) is 19.5 Å². The van der Waals surface area contributed by atoms with Gasteiger partial charge in [-0.3, -0.25) is 14.5 Å². The topological polar surface area (TPSA) is 104 Å². The van der Waals surface area contributed by atoms with E-state index in [0.717, 1.165) is 12.0 Å². The zero-order valence-electron chi connectivity index (χ0n) is 16.1. The number of anilines is 1. The van der Waals surface area contributed by atoms with E-state index in [1.165, 1.54) is 24.0 Å². The summed E-state index contributed by atoms with van der Waals surface area (Å²) in [6.45, 7) is 2.87. The Labute approximate surface area is 167 Å². The number of benzene rings is 2. The van der Waals surface area contributed by atoms with Crippen LogP contribution in [-0.2, 0) is 20.8 Å². The molecule has 3 rings (SSSR count). The molecule has 0 radical (unpaired) electrons. The predicted octanol–water partition coefficient (Wildman–Crippen LogP) is 3.20. The van der Waals surface area contributed by atoms with Crippen molar-refractivity contribution in [2.24, 2.45) is 0 Å². The molecule has 1 aliphatic rings. The highest BCUT2D eigenvalue weighted by molar-refractivity contribution is 6.16. The standard InChI is InChI=1S/C22H21NO6/c1-3-14-4-6-15(7-5-14)20-19(13(2)24)21(27)22(28)23(20)16-8-10-17(11-9-16)29-12-18(25)26/h4-11,20,27H,3,12H2,1-2H3,(H,25,26)/t20-/m1/s1. The molecule has 0 bridgehead atoms. The van der Waals surface area contributed by atoms with E-state index in [2.05, 4.69) is 0 Å². The smallest absolute Gasteiger partial charge is 0.341 e. The minimum atomic E-state index is -1.10. The lowest BCUT2D eigenvalue weighted by molar-refractivity contribution is -0.139. The summed E-state index contributed by atoms with van der Waals surface area (Å²) >= 11 is 0.